The molecule has 0 aliphatic rings. The Bertz CT molecular complexity index is 676. The highest BCUT2D eigenvalue weighted by Crippen LogP contribution is 2.29. The molecule has 0 aliphatic heterocycles. The molecular formula is C14H13FN2O4. The molecule has 0 saturated carbocycles. The molecule has 2 N–H and O–H groups in total. The van der Waals surface area contributed by atoms with Crippen LogP contribution >= 0.6 is 0 Å². The van der Waals surface area contributed by atoms with Crippen LogP contribution in [0.2, 0.25) is 0 Å². The van der Waals surface area contributed by atoms with Crippen molar-refractivity contribution in [2.75, 3.05) is 12.4 Å². The summed E-state index contributed by atoms with van der Waals surface area (Å²) in [6, 6.07) is 8.17. The van der Waals surface area contributed by atoms with E-state index >= 15 is 0 Å². The van der Waals surface area contributed by atoms with Gasteiger partial charge in [-0.1, -0.05) is 6.07 Å². The van der Waals surface area contributed by atoms with Crippen LogP contribution in [-0.2, 0) is 6.54 Å². The Kier molecular flexibility index (Phi) is 4.22. The number of nitro groups is 1. The lowest BCUT2D eigenvalue weighted by Gasteiger charge is -2.10. The number of anilines is 1. The average molecular weight is 292 g/mol. The number of halogens is 1. The Morgan fingerprint density at radius 2 is 2.14 bits per heavy atom. The second-order valence-corrected chi connectivity index (χ2v) is 4.24. The van der Waals surface area contributed by atoms with Gasteiger partial charge in [0.2, 0.25) is 0 Å². The van der Waals surface area contributed by atoms with E-state index in [0.717, 1.165) is 6.07 Å². The van der Waals surface area contributed by atoms with Crippen molar-refractivity contribution in [3.05, 3.63) is 57.9 Å². The minimum Gasteiger partial charge on any atom is -0.508 e. The molecule has 2 rings (SSSR count). The van der Waals surface area contributed by atoms with E-state index in [0.29, 0.717) is 11.3 Å². The van der Waals surface area contributed by atoms with E-state index in [2.05, 4.69) is 5.32 Å². The number of rotatable bonds is 5. The Hall–Kier alpha value is -2.83. The molecule has 2 aromatic rings. The van der Waals surface area contributed by atoms with Gasteiger partial charge >= 0.3 is 0 Å². The predicted molar refractivity (Wildman–Crippen MR) is 75.0 cm³/mol. The number of hydrogen-bond donors (Lipinski definition) is 2. The summed E-state index contributed by atoms with van der Waals surface area (Å²) in [4.78, 5) is 10.2. The van der Waals surface area contributed by atoms with Crippen molar-refractivity contribution in [1.29, 1.82) is 0 Å². The fourth-order valence-corrected chi connectivity index (χ4v) is 1.85. The number of aromatic hydroxyl groups is 1. The highest BCUT2D eigenvalue weighted by atomic mass is 19.1. The van der Waals surface area contributed by atoms with Crippen LogP contribution < -0.4 is 10.1 Å². The minimum atomic E-state index is -0.730. The Labute approximate surface area is 119 Å². The van der Waals surface area contributed by atoms with Crippen molar-refractivity contribution in [3.63, 3.8) is 0 Å². The van der Waals surface area contributed by atoms with Gasteiger partial charge in [-0.3, -0.25) is 10.1 Å². The van der Waals surface area contributed by atoms with E-state index < -0.39 is 10.7 Å². The lowest BCUT2D eigenvalue weighted by Crippen LogP contribution is -2.05. The maximum absolute atomic E-state index is 13.7. The second-order valence-electron chi connectivity index (χ2n) is 4.24. The molecule has 0 heterocycles. The van der Waals surface area contributed by atoms with Crippen LogP contribution in [-0.4, -0.2) is 17.1 Å². The van der Waals surface area contributed by atoms with Crippen LogP contribution in [0.1, 0.15) is 5.56 Å². The molecule has 0 atom stereocenters. The average Bonchev–Trinajstić information content (AvgIpc) is 2.47. The van der Waals surface area contributed by atoms with Gasteiger partial charge in [0.1, 0.15) is 17.2 Å². The highest BCUT2D eigenvalue weighted by Gasteiger charge is 2.17. The van der Waals surface area contributed by atoms with Crippen molar-refractivity contribution in [2.24, 2.45) is 0 Å². The smallest absolute Gasteiger partial charge is 0.295 e. The first-order valence-corrected chi connectivity index (χ1v) is 6.05. The van der Waals surface area contributed by atoms with Crippen LogP contribution in [0.5, 0.6) is 11.5 Å². The number of phenols is 1. The first kappa shape index (κ1) is 14.6. The van der Waals surface area contributed by atoms with Crippen LogP contribution in [0, 0.1) is 15.9 Å². The highest BCUT2D eigenvalue weighted by molar-refractivity contribution is 5.62. The number of nitrogens with zero attached hydrogens (tertiary/aromatic N) is 1. The number of methoxy groups -OCH3 is 1. The largest absolute Gasteiger partial charge is 0.508 e. The Morgan fingerprint density at radius 3 is 2.81 bits per heavy atom. The second kappa shape index (κ2) is 6.08. The van der Waals surface area contributed by atoms with Crippen LogP contribution in [0.4, 0.5) is 15.8 Å². The number of benzene rings is 2. The van der Waals surface area contributed by atoms with E-state index in [9.17, 15) is 19.6 Å². The molecule has 21 heavy (non-hydrogen) atoms. The number of nitro benzene ring substituents is 1. The summed E-state index contributed by atoms with van der Waals surface area (Å²) in [7, 11) is 1.48. The lowest BCUT2D eigenvalue weighted by molar-refractivity contribution is -0.384. The molecule has 0 saturated heterocycles. The third kappa shape index (κ3) is 3.19. The fraction of sp³-hybridized carbons (Fsp3) is 0.143. The summed E-state index contributed by atoms with van der Waals surface area (Å²) < 4.78 is 18.7. The minimum absolute atomic E-state index is 0.0118. The summed E-state index contributed by atoms with van der Waals surface area (Å²) in [5, 5.41) is 23.3. The van der Waals surface area contributed by atoms with Gasteiger partial charge in [-0.2, -0.15) is 0 Å². The van der Waals surface area contributed by atoms with E-state index in [1.807, 2.05) is 0 Å². The number of phenolic OH excluding ortho intramolecular Hbond substituents is 1. The zero-order valence-corrected chi connectivity index (χ0v) is 11.2. The molecular weight excluding hydrogens is 279 g/mol. The maximum Gasteiger partial charge on any atom is 0.295 e. The number of hydrogen-bond acceptors (Lipinski definition) is 5. The molecule has 0 spiro atoms. The van der Waals surface area contributed by atoms with Crippen molar-refractivity contribution in [3.8, 4) is 11.5 Å². The van der Waals surface area contributed by atoms with Crippen LogP contribution in [0.15, 0.2) is 36.4 Å². The molecule has 0 unspecified atom stereocenters. The van der Waals surface area contributed by atoms with Gasteiger partial charge in [0.05, 0.1) is 12.0 Å². The van der Waals surface area contributed by atoms with Crippen LogP contribution in [0.25, 0.3) is 0 Å². The molecule has 0 aliphatic carbocycles. The van der Waals surface area contributed by atoms with Crippen molar-refractivity contribution < 1.29 is 19.2 Å². The number of para-hydroxylation sites is 1. The summed E-state index contributed by atoms with van der Waals surface area (Å²) in [5.41, 5.74) is -0.144. The van der Waals surface area contributed by atoms with Gasteiger partial charge in [-0.25, -0.2) is 4.39 Å². The third-order valence-corrected chi connectivity index (χ3v) is 2.93. The quantitative estimate of drug-likeness (QED) is 0.653. The van der Waals surface area contributed by atoms with E-state index in [1.165, 1.54) is 25.3 Å². The predicted octanol–water partition coefficient (Wildman–Crippen LogP) is 3.06. The molecule has 7 heteroatoms. The SMILES string of the molecule is COc1ccc(O)c(CNc2c(F)cccc2[N+](=O)[O-])c1. The molecule has 0 aromatic heterocycles. The van der Waals surface area contributed by atoms with Crippen molar-refractivity contribution in [1.82, 2.24) is 0 Å². The van der Waals surface area contributed by atoms with Gasteiger partial charge < -0.3 is 15.2 Å². The zero-order chi connectivity index (χ0) is 15.4. The molecule has 6 nitrogen and oxygen atoms in total. The van der Waals surface area contributed by atoms with Crippen LogP contribution in [0.3, 0.4) is 0 Å². The third-order valence-electron chi connectivity index (χ3n) is 2.93. The topological polar surface area (TPSA) is 84.6 Å². The molecule has 0 bridgehead atoms. The van der Waals surface area contributed by atoms with Crippen molar-refractivity contribution in [2.45, 2.75) is 6.54 Å². The monoisotopic (exact) mass is 292 g/mol. The summed E-state index contributed by atoms with van der Waals surface area (Å²) in [6.07, 6.45) is 0. The first-order valence-electron chi connectivity index (χ1n) is 6.05. The van der Waals surface area contributed by atoms with Gasteiger partial charge in [0.15, 0.2) is 5.82 Å². The molecule has 2 aromatic carbocycles. The first-order chi connectivity index (χ1) is 10.0. The van der Waals surface area contributed by atoms with Gasteiger partial charge in [0.25, 0.3) is 5.69 Å². The Balaban J connectivity index is 2.26. The Morgan fingerprint density at radius 1 is 1.38 bits per heavy atom. The van der Waals surface area contributed by atoms with E-state index in [-0.39, 0.29) is 23.7 Å². The molecule has 0 amide bonds. The zero-order valence-electron chi connectivity index (χ0n) is 11.2. The van der Waals surface area contributed by atoms with Gasteiger partial charge in [-0.15, -0.1) is 0 Å². The number of ether oxygens (including phenoxy) is 1. The summed E-state index contributed by atoms with van der Waals surface area (Å²) in [6.45, 7) is 0.0187. The standard InChI is InChI=1S/C14H13FN2O4/c1-21-10-5-6-13(18)9(7-10)8-16-14-11(15)3-2-4-12(14)17(19)20/h2-7,16,18H,8H2,1H3. The summed E-state index contributed by atoms with van der Waals surface area (Å²) in [5.74, 6) is -0.221. The number of nitrogens with one attached hydrogen (secondary N) is 1. The fourth-order valence-electron chi connectivity index (χ4n) is 1.85. The summed E-state index contributed by atoms with van der Waals surface area (Å²) >= 11 is 0. The normalized spacial score (nSPS) is 10.2. The van der Waals surface area contributed by atoms with Crippen molar-refractivity contribution >= 4 is 11.4 Å². The van der Waals surface area contributed by atoms with Gasteiger partial charge in [0, 0.05) is 18.2 Å². The van der Waals surface area contributed by atoms with E-state index in [1.54, 1.807) is 12.1 Å². The lowest BCUT2D eigenvalue weighted by atomic mass is 10.1. The van der Waals surface area contributed by atoms with E-state index in [4.69, 9.17) is 4.74 Å². The molecule has 0 fully saturated rings. The molecule has 0 radical (unpaired) electrons. The maximum atomic E-state index is 13.7. The van der Waals surface area contributed by atoms with Gasteiger partial charge in [-0.05, 0) is 24.3 Å². The molecule has 110 valence electrons.